The number of amides is 4. The van der Waals surface area contributed by atoms with E-state index < -0.39 is 17.5 Å². The third-order valence-electron chi connectivity index (χ3n) is 4.99. The van der Waals surface area contributed by atoms with Gasteiger partial charge in [-0.3, -0.25) is 14.5 Å². The van der Waals surface area contributed by atoms with Gasteiger partial charge in [-0.2, -0.15) is 0 Å². The molecule has 0 aromatic heterocycles. The number of hydrogen-bond acceptors (Lipinski definition) is 3. The standard InChI is InChI=1S/C21H22ClN3O3/c1-14-8-10-16(11-9-14)21(2)19(27)25(20(28)23-21)13-18(26)24(3)12-15-6-4-5-7-17(15)22/h4-11H,12-13H2,1-3H3,(H,23,28). The fourth-order valence-corrected chi connectivity index (χ4v) is 3.34. The van der Waals surface area contributed by atoms with E-state index in [1.807, 2.05) is 49.4 Å². The Kier molecular flexibility index (Phi) is 5.42. The van der Waals surface area contributed by atoms with Crippen molar-refractivity contribution < 1.29 is 14.4 Å². The van der Waals surface area contributed by atoms with Gasteiger partial charge in [0.2, 0.25) is 5.91 Å². The maximum absolute atomic E-state index is 12.9. The molecule has 3 rings (SSSR count). The van der Waals surface area contributed by atoms with Crippen molar-refractivity contribution in [2.45, 2.75) is 25.9 Å². The minimum absolute atomic E-state index is 0.289. The molecule has 1 N–H and O–H groups in total. The molecule has 4 amide bonds. The average Bonchev–Trinajstić information content (AvgIpc) is 2.88. The molecule has 6 nitrogen and oxygen atoms in total. The Balaban J connectivity index is 1.72. The van der Waals surface area contributed by atoms with E-state index in [4.69, 9.17) is 11.6 Å². The molecule has 2 aromatic carbocycles. The molecule has 2 aromatic rings. The normalized spacial score (nSPS) is 18.9. The van der Waals surface area contributed by atoms with E-state index in [0.29, 0.717) is 10.6 Å². The van der Waals surface area contributed by atoms with E-state index in [0.717, 1.165) is 16.0 Å². The number of likely N-dealkylation sites (N-methyl/N-ethyl adjacent to an activating group) is 1. The van der Waals surface area contributed by atoms with E-state index in [-0.39, 0.29) is 19.0 Å². The molecule has 0 saturated carbocycles. The van der Waals surface area contributed by atoms with Crippen molar-refractivity contribution in [3.05, 3.63) is 70.2 Å². The number of nitrogens with one attached hydrogen (secondary N) is 1. The molecule has 1 saturated heterocycles. The lowest BCUT2D eigenvalue weighted by molar-refractivity contribution is -0.138. The Morgan fingerprint density at radius 3 is 2.43 bits per heavy atom. The first-order valence-corrected chi connectivity index (χ1v) is 9.29. The molecule has 0 bridgehead atoms. The lowest BCUT2D eigenvalue weighted by atomic mass is 9.91. The van der Waals surface area contributed by atoms with Crippen LogP contribution in [0, 0.1) is 6.92 Å². The van der Waals surface area contributed by atoms with Crippen LogP contribution in [0.4, 0.5) is 4.79 Å². The number of hydrogen-bond donors (Lipinski definition) is 1. The molecule has 1 fully saturated rings. The number of rotatable bonds is 5. The van der Waals surface area contributed by atoms with Gasteiger partial charge in [-0.05, 0) is 31.0 Å². The predicted molar refractivity (Wildman–Crippen MR) is 107 cm³/mol. The Morgan fingerprint density at radius 2 is 1.79 bits per heavy atom. The summed E-state index contributed by atoms with van der Waals surface area (Å²) in [5.74, 6) is -0.794. The zero-order valence-corrected chi connectivity index (χ0v) is 16.8. The minimum Gasteiger partial charge on any atom is -0.340 e. The number of aryl methyl sites for hydroxylation is 1. The summed E-state index contributed by atoms with van der Waals surface area (Å²) < 4.78 is 0. The van der Waals surface area contributed by atoms with Crippen LogP contribution in [0.2, 0.25) is 5.02 Å². The number of halogens is 1. The quantitative estimate of drug-likeness (QED) is 0.785. The number of imide groups is 1. The molecule has 1 atom stereocenters. The first-order chi connectivity index (χ1) is 13.2. The van der Waals surface area contributed by atoms with Crippen LogP contribution < -0.4 is 5.32 Å². The SMILES string of the molecule is Cc1ccc(C2(C)NC(=O)N(CC(=O)N(C)Cc3ccccc3Cl)C2=O)cc1. The lowest BCUT2D eigenvalue weighted by Gasteiger charge is -2.23. The number of carbonyl (C=O) groups excluding carboxylic acids is 3. The van der Waals surface area contributed by atoms with Crippen LogP contribution in [0.15, 0.2) is 48.5 Å². The predicted octanol–water partition coefficient (Wildman–Crippen LogP) is 3.07. The van der Waals surface area contributed by atoms with Crippen LogP contribution in [0.5, 0.6) is 0 Å². The summed E-state index contributed by atoms with van der Waals surface area (Å²) in [6, 6.07) is 14.0. The topological polar surface area (TPSA) is 69.7 Å². The van der Waals surface area contributed by atoms with Gasteiger partial charge in [-0.1, -0.05) is 59.6 Å². The average molecular weight is 400 g/mol. The van der Waals surface area contributed by atoms with Gasteiger partial charge in [0.05, 0.1) is 0 Å². The second-order valence-corrected chi connectivity index (χ2v) is 7.56. The van der Waals surface area contributed by atoms with Crippen molar-refractivity contribution in [2.24, 2.45) is 0 Å². The molecule has 0 spiro atoms. The number of carbonyl (C=O) groups is 3. The molecular weight excluding hydrogens is 378 g/mol. The van der Waals surface area contributed by atoms with Crippen molar-refractivity contribution in [2.75, 3.05) is 13.6 Å². The number of nitrogens with zero attached hydrogens (tertiary/aromatic N) is 2. The number of urea groups is 1. The van der Waals surface area contributed by atoms with Gasteiger partial charge in [0.25, 0.3) is 5.91 Å². The summed E-state index contributed by atoms with van der Waals surface area (Å²) in [6.07, 6.45) is 0. The van der Waals surface area contributed by atoms with Gasteiger partial charge in [0.1, 0.15) is 12.1 Å². The van der Waals surface area contributed by atoms with Crippen LogP contribution in [0.1, 0.15) is 23.6 Å². The summed E-state index contributed by atoms with van der Waals surface area (Å²) in [5, 5.41) is 3.27. The first-order valence-electron chi connectivity index (χ1n) is 8.91. The minimum atomic E-state index is -1.19. The zero-order valence-electron chi connectivity index (χ0n) is 16.0. The Labute approximate surface area is 169 Å². The Bertz CT molecular complexity index is 929. The van der Waals surface area contributed by atoms with Gasteiger partial charge < -0.3 is 10.2 Å². The van der Waals surface area contributed by atoms with E-state index in [1.165, 1.54) is 4.90 Å². The second kappa shape index (κ2) is 7.64. The van der Waals surface area contributed by atoms with Crippen LogP contribution >= 0.6 is 11.6 Å². The van der Waals surface area contributed by atoms with Gasteiger partial charge in [0, 0.05) is 18.6 Å². The summed E-state index contributed by atoms with van der Waals surface area (Å²) >= 11 is 6.14. The molecule has 7 heteroatoms. The molecule has 1 aliphatic heterocycles. The zero-order chi connectivity index (χ0) is 20.5. The lowest BCUT2D eigenvalue weighted by Crippen LogP contribution is -2.43. The molecule has 1 heterocycles. The van der Waals surface area contributed by atoms with Crippen LogP contribution in [0.25, 0.3) is 0 Å². The second-order valence-electron chi connectivity index (χ2n) is 7.15. The van der Waals surface area contributed by atoms with E-state index in [9.17, 15) is 14.4 Å². The third kappa shape index (κ3) is 3.73. The van der Waals surface area contributed by atoms with Crippen molar-refractivity contribution in [1.29, 1.82) is 0 Å². The van der Waals surface area contributed by atoms with Crippen LogP contribution in [-0.4, -0.2) is 41.2 Å². The number of benzene rings is 2. The maximum atomic E-state index is 12.9. The van der Waals surface area contributed by atoms with Gasteiger partial charge >= 0.3 is 6.03 Å². The smallest absolute Gasteiger partial charge is 0.325 e. The molecule has 1 unspecified atom stereocenters. The molecule has 0 aliphatic carbocycles. The van der Waals surface area contributed by atoms with Crippen molar-refractivity contribution in [3.8, 4) is 0 Å². The molecule has 1 aliphatic rings. The molecule has 146 valence electrons. The van der Waals surface area contributed by atoms with Gasteiger partial charge in [-0.15, -0.1) is 0 Å². The van der Waals surface area contributed by atoms with Crippen molar-refractivity contribution in [3.63, 3.8) is 0 Å². The van der Waals surface area contributed by atoms with Crippen molar-refractivity contribution in [1.82, 2.24) is 15.1 Å². The monoisotopic (exact) mass is 399 g/mol. The third-order valence-corrected chi connectivity index (χ3v) is 5.36. The van der Waals surface area contributed by atoms with Crippen LogP contribution in [-0.2, 0) is 21.7 Å². The van der Waals surface area contributed by atoms with Gasteiger partial charge in [0.15, 0.2) is 0 Å². The maximum Gasteiger partial charge on any atom is 0.325 e. The first kappa shape index (κ1) is 19.9. The van der Waals surface area contributed by atoms with E-state index in [1.54, 1.807) is 20.0 Å². The highest BCUT2D eigenvalue weighted by Crippen LogP contribution is 2.29. The fourth-order valence-electron chi connectivity index (χ4n) is 3.15. The summed E-state index contributed by atoms with van der Waals surface area (Å²) in [7, 11) is 1.61. The van der Waals surface area contributed by atoms with Crippen LogP contribution in [0.3, 0.4) is 0 Å². The summed E-state index contributed by atoms with van der Waals surface area (Å²) in [4.78, 5) is 40.4. The Hall–Kier alpha value is -2.86. The highest BCUT2D eigenvalue weighted by Gasteiger charge is 2.49. The molecule has 28 heavy (non-hydrogen) atoms. The highest BCUT2D eigenvalue weighted by molar-refractivity contribution is 6.31. The van der Waals surface area contributed by atoms with E-state index in [2.05, 4.69) is 5.32 Å². The molecular formula is C21H22ClN3O3. The van der Waals surface area contributed by atoms with E-state index >= 15 is 0 Å². The van der Waals surface area contributed by atoms with Gasteiger partial charge in [-0.25, -0.2) is 4.79 Å². The summed E-state index contributed by atoms with van der Waals surface area (Å²) in [5.41, 5.74) is 1.33. The summed E-state index contributed by atoms with van der Waals surface area (Å²) in [6.45, 7) is 3.56. The Morgan fingerprint density at radius 1 is 1.14 bits per heavy atom. The van der Waals surface area contributed by atoms with Crippen molar-refractivity contribution >= 4 is 29.4 Å². The molecule has 0 radical (unpaired) electrons. The highest BCUT2D eigenvalue weighted by atomic mass is 35.5. The largest absolute Gasteiger partial charge is 0.340 e. The fraction of sp³-hybridized carbons (Fsp3) is 0.286.